The first-order chi connectivity index (χ1) is 7.80. The fraction of sp³-hybridized carbons (Fsp3) is 0.364. The minimum Gasteiger partial charge on any atom is -0.383 e. The monoisotopic (exact) mass is 317 g/mol. The molecule has 0 unspecified atom stereocenters. The standard InChI is InChI=1S/C11H14F3N3.2ClH/c1-7(15)3-2-4-8-5-9(11(12,13)14)10(16)17-6-8;;/h2,4-7H,3,15H2,1H3,(H2,16,17);2*1H/b4-2+;;/t7-;;/m0../s1. The van der Waals surface area contributed by atoms with Crippen molar-refractivity contribution in [2.24, 2.45) is 5.73 Å². The number of nitrogens with two attached hydrogens (primary N) is 2. The van der Waals surface area contributed by atoms with E-state index in [4.69, 9.17) is 11.5 Å². The topological polar surface area (TPSA) is 64.9 Å². The molecule has 0 saturated carbocycles. The van der Waals surface area contributed by atoms with E-state index < -0.39 is 17.6 Å². The van der Waals surface area contributed by atoms with Gasteiger partial charge < -0.3 is 11.5 Å². The van der Waals surface area contributed by atoms with Gasteiger partial charge in [-0.3, -0.25) is 0 Å². The van der Waals surface area contributed by atoms with Crippen LogP contribution in [0.2, 0.25) is 0 Å². The van der Waals surface area contributed by atoms with E-state index in [1.165, 1.54) is 6.20 Å². The number of rotatable bonds is 3. The third-order valence-electron chi connectivity index (χ3n) is 2.06. The van der Waals surface area contributed by atoms with E-state index in [-0.39, 0.29) is 30.9 Å². The van der Waals surface area contributed by atoms with Gasteiger partial charge in [0.05, 0.1) is 5.56 Å². The van der Waals surface area contributed by atoms with E-state index in [2.05, 4.69) is 4.98 Å². The van der Waals surface area contributed by atoms with E-state index in [1.807, 2.05) is 6.92 Å². The third kappa shape index (κ3) is 6.66. The van der Waals surface area contributed by atoms with Crippen LogP contribution >= 0.6 is 24.8 Å². The summed E-state index contributed by atoms with van der Waals surface area (Å²) in [6, 6.07) is 0.940. The molecule has 0 bridgehead atoms. The Bertz CT molecular complexity index is 420. The molecule has 0 fully saturated rings. The van der Waals surface area contributed by atoms with Gasteiger partial charge in [0.15, 0.2) is 0 Å². The molecule has 0 radical (unpaired) electrons. The van der Waals surface area contributed by atoms with Crippen molar-refractivity contribution in [3.63, 3.8) is 0 Å². The second-order valence-corrected chi connectivity index (χ2v) is 3.81. The highest BCUT2D eigenvalue weighted by atomic mass is 35.5. The van der Waals surface area contributed by atoms with Crippen molar-refractivity contribution in [3.05, 3.63) is 29.5 Å². The van der Waals surface area contributed by atoms with Gasteiger partial charge >= 0.3 is 6.18 Å². The fourth-order valence-corrected chi connectivity index (χ4v) is 1.23. The number of halogens is 5. The molecule has 4 N–H and O–H groups in total. The number of hydrogen-bond donors (Lipinski definition) is 2. The molecule has 19 heavy (non-hydrogen) atoms. The Morgan fingerprint density at radius 3 is 2.42 bits per heavy atom. The van der Waals surface area contributed by atoms with E-state index in [9.17, 15) is 13.2 Å². The zero-order valence-electron chi connectivity index (χ0n) is 10.1. The molecule has 0 spiro atoms. The molecule has 0 aromatic carbocycles. The largest absolute Gasteiger partial charge is 0.419 e. The van der Waals surface area contributed by atoms with Crippen molar-refractivity contribution >= 4 is 36.7 Å². The summed E-state index contributed by atoms with van der Waals surface area (Å²) in [7, 11) is 0. The van der Waals surface area contributed by atoms with Crippen LogP contribution in [0.25, 0.3) is 6.08 Å². The van der Waals surface area contributed by atoms with Crippen molar-refractivity contribution < 1.29 is 13.2 Å². The summed E-state index contributed by atoms with van der Waals surface area (Å²) < 4.78 is 37.5. The quantitative estimate of drug-likeness (QED) is 0.899. The molecule has 1 aromatic heterocycles. The summed E-state index contributed by atoms with van der Waals surface area (Å²) in [5.74, 6) is -0.512. The van der Waals surface area contributed by atoms with Crippen LogP contribution in [0.3, 0.4) is 0 Å². The van der Waals surface area contributed by atoms with Crippen molar-refractivity contribution in [3.8, 4) is 0 Å². The van der Waals surface area contributed by atoms with Crippen LogP contribution in [0.4, 0.5) is 19.0 Å². The predicted molar refractivity (Wildman–Crippen MR) is 75.4 cm³/mol. The molecule has 0 aliphatic rings. The summed E-state index contributed by atoms with van der Waals surface area (Å²) in [4.78, 5) is 3.52. The number of alkyl halides is 3. The van der Waals surface area contributed by atoms with E-state index in [0.717, 1.165) is 6.07 Å². The Labute approximate surface area is 122 Å². The number of nitrogens with zero attached hydrogens (tertiary/aromatic N) is 1. The molecule has 1 rings (SSSR count). The average Bonchev–Trinajstić information content (AvgIpc) is 2.18. The van der Waals surface area contributed by atoms with Gasteiger partial charge in [-0.25, -0.2) is 4.98 Å². The maximum atomic E-state index is 12.5. The van der Waals surface area contributed by atoms with Crippen molar-refractivity contribution in [1.82, 2.24) is 4.98 Å². The fourth-order valence-electron chi connectivity index (χ4n) is 1.23. The van der Waals surface area contributed by atoms with Gasteiger partial charge in [-0.1, -0.05) is 12.2 Å². The first-order valence-electron chi connectivity index (χ1n) is 5.05. The molecule has 0 amide bonds. The number of aromatic nitrogens is 1. The van der Waals surface area contributed by atoms with Gasteiger partial charge in [0.25, 0.3) is 0 Å². The first kappa shape index (κ1) is 20.3. The minimum atomic E-state index is -4.48. The molecule has 0 saturated heterocycles. The second-order valence-electron chi connectivity index (χ2n) is 3.81. The summed E-state index contributed by atoms with van der Waals surface area (Å²) >= 11 is 0. The second kappa shape index (κ2) is 8.24. The van der Waals surface area contributed by atoms with Crippen LogP contribution in [0.5, 0.6) is 0 Å². The van der Waals surface area contributed by atoms with Crippen LogP contribution < -0.4 is 11.5 Å². The Balaban J connectivity index is 0. The SMILES string of the molecule is C[C@H](N)C/C=C/c1cnc(N)c(C(F)(F)F)c1.Cl.Cl. The summed E-state index contributed by atoms with van der Waals surface area (Å²) in [5.41, 5.74) is 10.1. The highest BCUT2D eigenvalue weighted by Gasteiger charge is 2.33. The lowest BCUT2D eigenvalue weighted by Crippen LogP contribution is -2.12. The smallest absolute Gasteiger partial charge is 0.383 e. The van der Waals surface area contributed by atoms with Gasteiger partial charge in [-0.2, -0.15) is 13.2 Å². The molecule has 1 atom stereocenters. The molecule has 0 aliphatic heterocycles. The first-order valence-corrected chi connectivity index (χ1v) is 5.05. The van der Waals surface area contributed by atoms with Crippen molar-refractivity contribution in [2.75, 3.05) is 5.73 Å². The normalized spacial score (nSPS) is 12.7. The molecule has 1 heterocycles. The molecule has 110 valence electrons. The molecular formula is C11H16Cl2F3N3. The Morgan fingerprint density at radius 2 is 1.95 bits per heavy atom. The average molecular weight is 318 g/mol. The Kier molecular flexibility index (Phi) is 8.82. The van der Waals surface area contributed by atoms with Crippen LogP contribution in [0.1, 0.15) is 24.5 Å². The highest BCUT2D eigenvalue weighted by Crippen LogP contribution is 2.33. The van der Waals surface area contributed by atoms with Gasteiger partial charge in [0.2, 0.25) is 0 Å². The van der Waals surface area contributed by atoms with Gasteiger partial charge in [0.1, 0.15) is 5.82 Å². The lowest BCUT2D eigenvalue weighted by Gasteiger charge is -2.09. The van der Waals surface area contributed by atoms with Gasteiger partial charge in [-0.05, 0) is 25.0 Å². The van der Waals surface area contributed by atoms with Crippen molar-refractivity contribution in [1.29, 1.82) is 0 Å². The van der Waals surface area contributed by atoms with Gasteiger partial charge in [0, 0.05) is 12.2 Å². The molecule has 1 aromatic rings. The van der Waals surface area contributed by atoms with Gasteiger partial charge in [-0.15, -0.1) is 24.8 Å². The maximum absolute atomic E-state index is 12.5. The number of nitrogen functional groups attached to an aromatic ring is 1. The van der Waals surface area contributed by atoms with E-state index in [0.29, 0.717) is 12.0 Å². The highest BCUT2D eigenvalue weighted by molar-refractivity contribution is 5.85. The molecule has 0 aliphatic carbocycles. The Hall–Kier alpha value is -0.980. The van der Waals surface area contributed by atoms with Crippen molar-refractivity contribution in [2.45, 2.75) is 25.6 Å². The zero-order valence-corrected chi connectivity index (χ0v) is 11.8. The third-order valence-corrected chi connectivity index (χ3v) is 2.06. The molecule has 3 nitrogen and oxygen atoms in total. The zero-order chi connectivity index (χ0) is 13.1. The lowest BCUT2D eigenvalue weighted by molar-refractivity contribution is -0.137. The Morgan fingerprint density at radius 1 is 1.37 bits per heavy atom. The predicted octanol–water partition coefficient (Wildman–Crippen LogP) is 3.28. The molecule has 8 heteroatoms. The number of pyridine rings is 1. The summed E-state index contributed by atoms with van der Waals surface area (Å²) in [5, 5.41) is 0. The number of anilines is 1. The van der Waals surface area contributed by atoms with Crippen LogP contribution in [0.15, 0.2) is 18.3 Å². The van der Waals surface area contributed by atoms with E-state index in [1.54, 1.807) is 12.2 Å². The summed E-state index contributed by atoms with van der Waals surface area (Å²) in [6.45, 7) is 1.81. The van der Waals surface area contributed by atoms with Crippen LogP contribution in [0, 0.1) is 0 Å². The number of hydrogen-bond acceptors (Lipinski definition) is 3. The van der Waals surface area contributed by atoms with Crippen LogP contribution in [-0.4, -0.2) is 11.0 Å². The van der Waals surface area contributed by atoms with E-state index >= 15 is 0 Å². The minimum absolute atomic E-state index is 0. The molecular weight excluding hydrogens is 302 g/mol. The maximum Gasteiger partial charge on any atom is 0.419 e. The van der Waals surface area contributed by atoms with Crippen LogP contribution in [-0.2, 0) is 6.18 Å². The lowest BCUT2D eigenvalue weighted by atomic mass is 10.1. The summed E-state index contributed by atoms with van der Waals surface area (Å²) in [6.07, 6.45) is 0.652.